The average Bonchev–Trinajstić information content (AvgIpc) is 3.03. The number of allylic oxidation sites excluding steroid dienone is 6. The van der Waals surface area contributed by atoms with Crippen LogP contribution >= 0.6 is 0 Å². The molecule has 1 heteroatoms. The van der Waals surface area contributed by atoms with Crippen molar-refractivity contribution in [2.45, 2.75) is 86.5 Å². The summed E-state index contributed by atoms with van der Waals surface area (Å²) in [5.41, 5.74) is 3.91. The Balaban J connectivity index is 1.57. The number of rotatable bonds is 4. The fraction of sp³-hybridized carbons (Fsp3) is 0.750. The molecular weight excluding hydrogens is 352 g/mol. The van der Waals surface area contributed by atoms with Gasteiger partial charge in [0.15, 0.2) is 5.78 Å². The van der Waals surface area contributed by atoms with Crippen molar-refractivity contribution in [1.82, 2.24) is 0 Å². The van der Waals surface area contributed by atoms with Crippen LogP contribution in [0.25, 0.3) is 0 Å². The molecule has 2 fully saturated rings. The molecule has 0 unspecified atom stereocenters. The molecule has 1 nitrogen and oxygen atoms in total. The van der Waals surface area contributed by atoms with Crippen LogP contribution in [0.4, 0.5) is 0 Å². The third-order valence-electron chi connectivity index (χ3n) is 9.88. The Hall–Kier alpha value is -1.11. The summed E-state index contributed by atoms with van der Waals surface area (Å²) < 4.78 is 0. The molecule has 2 saturated carbocycles. The number of hydrogen-bond donors (Lipinski definition) is 0. The van der Waals surface area contributed by atoms with Crippen LogP contribution in [0.1, 0.15) is 86.5 Å². The van der Waals surface area contributed by atoms with Crippen LogP contribution in [0.15, 0.2) is 35.5 Å². The van der Waals surface area contributed by atoms with Gasteiger partial charge in [-0.15, -0.1) is 0 Å². The van der Waals surface area contributed by atoms with Gasteiger partial charge in [-0.1, -0.05) is 70.9 Å². The molecule has 7 atom stereocenters. The van der Waals surface area contributed by atoms with Crippen molar-refractivity contribution >= 4 is 5.78 Å². The van der Waals surface area contributed by atoms with Crippen LogP contribution < -0.4 is 0 Å². The van der Waals surface area contributed by atoms with Gasteiger partial charge >= 0.3 is 0 Å². The Morgan fingerprint density at radius 2 is 1.76 bits per heavy atom. The van der Waals surface area contributed by atoms with E-state index in [4.69, 9.17) is 0 Å². The van der Waals surface area contributed by atoms with E-state index in [1.807, 2.05) is 6.08 Å². The molecule has 0 N–H and O–H groups in total. The number of ketones is 1. The van der Waals surface area contributed by atoms with Gasteiger partial charge in [-0.05, 0) is 90.9 Å². The van der Waals surface area contributed by atoms with Crippen molar-refractivity contribution in [3.8, 4) is 0 Å². The molecule has 0 amide bonds. The summed E-state index contributed by atoms with van der Waals surface area (Å²) in [5, 5.41) is 0. The lowest BCUT2D eigenvalue weighted by Gasteiger charge is -2.54. The fourth-order valence-electron chi connectivity index (χ4n) is 7.47. The maximum atomic E-state index is 12.0. The molecule has 160 valence electrons. The Morgan fingerprint density at radius 1 is 1.00 bits per heavy atom. The summed E-state index contributed by atoms with van der Waals surface area (Å²) in [5.74, 6) is 4.66. The SMILES string of the molecule is CC(C)[C@H](C)/C=C/[C@H](C)[C@@H]1CC[C@@H]2C3=CCC4=CC(=O)CC[C@]4(C)[C@H]3CC[C@@]21C. The summed E-state index contributed by atoms with van der Waals surface area (Å²) in [7, 11) is 0. The lowest BCUT2D eigenvalue weighted by Crippen LogP contribution is -2.46. The number of carbonyl (C=O) groups excluding carboxylic acids is 1. The largest absolute Gasteiger partial charge is 0.295 e. The third-order valence-corrected chi connectivity index (χ3v) is 9.88. The maximum Gasteiger partial charge on any atom is 0.155 e. The quantitative estimate of drug-likeness (QED) is 0.450. The fourth-order valence-corrected chi connectivity index (χ4v) is 7.47. The van der Waals surface area contributed by atoms with Crippen molar-refractivity contribution < 1.29 is 4.79 Å². The molecule has 29 heavy (non-hydrogen) atoms. The molecule has 0 spiro atoms. The van der Waals surface area contributed by atoms with E-state index < -0.39 is 0 Å². The molecule has 0 aliphatic heterocycles. The van der Waals surface area contributed by atoms with Crippen molar-refractivity contribution in [2.24, 2.45) is 46.3 Å². The smallest absolute Gasteiger partial charge is 0.155 e. The van der Waals surface area contributed by atoms with Crippen LogP contribution in [0, 0.1) is 46.3 Å². The molecule has 4 rings (SSSR count). The van der Waals surface area contributed by atoms with E-state index in [9.17, 15) is 4.79 Å². The first-order chi connectivity index (χ1) is 13.7. The highest BCUT2D eigenvalue weighted by molar-refractivity contribution is 5.91. The predicted molar refractivity (Wildman–Crippen MR) is 122 cm³/mol. The summed E-state index contributed by atoms with van der Waals surface area (Å²) in [4.78, 5) is 12.0. The average molecular weight is 395 g/mol. The third kappa shape index (κ3) is 3.41. The van der Waals surface area contributed by atoms with Crippen LogP contribution in [0.5, 0.6) is 0 Å². The normalized spacial score (nSPS) is 41.5. The standard InChI is InChI=1S/C28H42O/c1-18(2)19(3)7-8-20(4)24-11-12-25-23-10-9-21-17-22(29)13-15-27(21,5)26(23)14-16-28(24,25)6/h7-8,10,17-20,24-26H,9,11-16H2,1-6H3/b8-7+/t19-,20+,24+,25-,26+,27+,28-/m1/s1. The molecular formula is C28H42O. The Labute approximate surface area is 179 Å². The van der Waals surface area contributed by atoms with E-state index >= 15 is 0 Å². The van der Waals surface area contributed by atoms with Crippen molar-refractivity contribution in [3.63, 3.8) is 0 Å². The first-order valence-electron chi connectivity index (χ1n) is 12.3. The minimum absolute atomic E-state index is 0.246. The molecule has 0 heterocycles. The highest BCUT2D eigenvalue weighted by Crippen LogP contribution is 2.66. The van der Waals surface area contributed by atoms with Crippen LogP contribution in [0.3, 0.4) is 0 Å². The van der Waals surface area contributed by atoms with E-state index in [-0.39, 0.29) is 5.41 Å². The van der Waals surface area contributed by atoms with E-state index in [1.54, 1.807) is 5.57 Å². The topological polar surface area (TPSA) is 17.1 Å². The van der Waals surface area contributed by atoms with Crippen LogP contribution in [-0.2, 0) is 4.79 Å². The maximum absolute atomic E-state index is 12.0. The zero-order chi connectivity index (χ0) is 21.0. The number of fused-ring (bicyclic) bond motifs is 5. The van der Waals surface area contributed by atoms with Crippen LogP contribution in [0.2, 0.25) is 0 Å². The van der Waals surface area contributed by atoms with Gasteiger partial charge < -0.3 is 0 Å². The molecule has 0 aromatic rings. The van der Waals surface area contributed by atoms with Gasteiger partial charge in [0.2, 0.25) is 0 Å². The zero-order valence-corrected chi connectivity index (χ0v) is 19.6. The summed E-state index contributed by atoms with van der Waals surface area (Å²) in [6.45, 7) is 14.6. The van der Waals surface area contributed by atoms with Crippen molar-refractivity contribution in [1.29, 1.82) is 0 Å². The predicted octanol–water partition coefficient (Wildman–Crippen LogP) is 7.54. The summed E-state index contributed by atoms with van der Waals surface area (Å²) >= 11 is 0. The lowest BCUT2D eigenvalue weighted by atomic mass is 9.50. The highest BCUT2D eigenvalue weighted by atomic mass is 16.1. The second-order valence-corrected chi connectivity index (χ2v) is 11.6. The first-order valence-corrected chi connectivity index (χ1v) is 12.3. The lowest BCUT2D eigenvalue weighted by molar-refractivity contribution is -0.116. The second kappa shape index (κ2) is 7.54. The monoisotopic (exact) mass is 394 g/mol. The van der Waals surface area contributed by atoms with E-state index in [0.717, 1.165) is 37.0 Å². The molecule has 0 aromatic carbocycles. The van der Waals surface area contributed by atoms with Gasteiger partial charge in [0.05, 0.1) is 0 Å². The summed E-state index contributed by atoms with van der Waals surface area (Å²) in [6, 6.07) is 0. The zero-order valence-electron chi connectivity index (χ0n) is 19.6. The number of carbonyl (C=O) groups is 1. The minimum atomic E-state index is 0.246. The first kappa shape index (κ1) is 21.1. The van der Waals surface area contributed by atoms with E-state index in [0.29, 0.717) is 29.0 Å². The number of hydrogen-bond acceptors (Lipinski definition) is 1. The van der Waals surface area contributed by atoms with Gasteiger partial charge in [0.25, 0.3) is 0 Å². The van der Waals surface area contributed by atoms with Gasteiger partial charge in [0, 0.05) is 6.42 Å². The molecule has 0 saturated heterocycles. The van der Waals surface area contributed by atoms with Crippen molar-refractivity contribution in [3.05, 3.63) is 35.5 Å². The minimum Gasteiger partial charge on any atom is -0.295 e. The van der Waals surface area contributed by atoms with Gasteiger partial charge in [-0.2, -0.15) is 0 Å². The van der Waals surface area contributed by atoms with E-state index in [2.05, 4.69) is 59.8 Å². The van der Waals surface area contributed by atoms with Gasteiger partial charge in [-0.3, -0.25) is 4.79 Å². The van der Waals surface area contributed by atoms with Gasteiger partial charge in [-0.25, -0.2) is 0 Å². The molecule has 0 radical (unpaired) electrons. The Bertz CT molecular complexity index is 752. The highest BCUT2D eigenvalue weighted by Gasteiger charge is 2.56. The molecule has 0 aromatic heterocycles. The summed E-state index contributed by atoms with van der Waals surface area (Å²) in [6.07, 6.45) is 17.9. The Kier molecular flexibility index (Phi) is 5.50. The van der Waals surface area contributed by atoms with Crippen molar-refractivity contribution in [2.75, 3.05) is 0 Å². The van der Waals surface area contributed by atoms with Gasteiger partial charge in [0.1, 0.15) is 0 Å². The molecule has 0 bridgehead atoms. The second-order valence-electron chi connectivity index (χ2n) is 11.6. The van der Waals surface area contributed by atoms with E-state index in [1.165, 1.54) is 31.3 Å². The molecule has 4 aliphatic carbocycles. The molecule has 4 aliphatic rings. The Morgan fingerprint density at radius 3 is 2.48 bits per heavy atom. The van der Waals surface area contributed by atoms with Crippen LogP contribution in [-0.4, -0.2) is 5.78 Å².